The van der Waals surface area contributed by atoms with Gasteiger partial charge in [0, 0.05) is 25.0 Å². The number of carbonyl (C=O) groups is 4. The van der Waals surface area contributed by atoms with E-state index in [1.54, 1.807) is 19.1 Å². The van der Waals surface area contributed by atoms with Crippen LogP contribution < -0.4 is 16.4 Å². The molecule has 2 rings (SSSR count). The number of rotatable bonds is 10. The molecule has 2 aromatic carbocycles. The Morgan fingerprint density at radius 1 is 1.09 bits per heavy atom. The van der Waals surface area contributed by atoms with Crippen LogP contribution in [0.2, 0.25) is 0 Å². The maximum Gasteiger partial charge on any atom is 0.306 e. The van der Waals surface area contributed by atoms with Gasteiger partial charge in [0.25, 0.3) is 11.6 Å². The Bertz CT molecular complexity index is 1050. The molecule has 0 saturated heterocycles. The lowest BCUT2D eigenvalue weighted by atomic mass is 9.87. The van der Waals surface area contributed by atoms with E-state index in [2.05, 4.69) is 10.6 Å². The van der Waals surface area contributed by atoms with Gasteiger partial charge < -0.3 is 21.1 Å². The number of nitrogens with two attached hydrogens (primary N) is 1. The van der Waals surface area contributed by atoms with Gasteiger partial charge in [-0.1, -0.05) is 24.3 Å². The zero-order chi connectivity index (χ0) is 24.5. The van der Waals surface area contributed by atoms with Gasteiger partial charge in [-0.05, 0) is 24.6 Å². The Morgan fingerprint density at radius 2 is 1.73 bits per heavy atom. The van der Waals surface area contributed by atoms with Crippen molar-refractivity contribution in [2.45, 2.75) is 32.2 Å². The SMILES string of the molecule is CCOC(=O)C[C@H](c1ccc([N+](=O)[O-])cc1)[C@H](NC(=O)c1ccccc1NC(C)=O)C(N)=O. The lowest BCUT2D eigenvalue weighted by Crippen LogP contribution is -2.49. The lowest BCUT2D eigenvalue weighted by Gasteiger charge is -2.26. The number of para-hydroxylation sites is 1. The van der Waals surface area contributed by atoms with Gasteiger partial charge in [0.2, 0.25) is 11.8 Å². The third-order valence-electron chi connectivity index (χ3n) is 4.70. The summed E-state index contributed by atoms with van der Waals surface area (Å²) in [4.78, 5) is 59.4. The Kier molecular flexibility index (Phi) is 8.61. The fraction of sp³-hybridized carbons (Fsp3) is 0.273. The van der Waals surface area contributed by atoms with E-state index in [0.29, 0.717) is 5.56 Å². The molecule has 3 amide bonds. The first kappa shape index (κ1) is 25.0. The van der Waals surface area contributed by atoms with E-state index in [0.717, 1.165) is 0 Å². The standard InChI is InChI=1S/C22H24N4O7/c1-3-33-19(28)12-17(14-8-10-15(11-9-14)26(31)32)20(21(23)29)25-22(30)16-6-4-5-7-18(16)24-13(2)27/h4-11,17,20H,3,12H2,1-2H3,(H2,23,29)(H,24,27)(H,25,30)/t17-,20+/m1/s1. The molecule has 11 nitrogen and oxygen atoms in total. The summed E-state index contributed by atoms with van der Waals surface area (Å²) < 4.78 is 4.98. The molecule has 11 heteroatoms. The van der Waals surface area contributed by atoms with Gasteiger partial charge in [0.1, 0.15) is 6.04 Å². The van der Waals surface area contributed by atoms with Crippen molar-refractivity contribution in [1.29, 1.82) is 0 Å². The maximum atomic E-state index is 13.0. The van der Waals surface area contributed by atoms with Crippen molar-refractivity contribution in [3.8, 4) is 0 Å². The highest BCUT2D eigenvalue weighted by Gasteiger charge is 2.33. The fourth-order valence-electron chi connectivity index (χ4n) is 3.24. The number of benzene rings is 2. The third kappa shape index (κ3) is 6.86. The van der Waals surface area contributed by atoms with Crippen LogP contribution in [0.4, 0.5) is 11.4 Å². The molecule has 0 aliphatic heterocycles. The number of nitro groups is 1. The molecular formula is C22H24N4O7. The number of non-ortho nitro benzene ring substituents is 1. The van der Waals surface area contributed by atoms with Crippen molar-refractivity contribution in [1.82, 2.24) is 5.32 Å². The maximum absolute atomic E-state index is 13.0. The van der Waals surface area contributed by atoms with Gasteiger partial charge in [0.05, 0.1) is 29.2 Å². The van der Waals surface area contributed by atoms with Crippen LogP contribution in [0, 0.1) is 10.1 Å². The van der Waals surface area contributed by atoms with Crippen LogP contribution >= 0.6 is 0 Å². The second-order valence-corrected chi connectivity index (χ2v) is 7.04. The molecule has 174 valence electrons. The lowest BCUT2D eigenvalue weighted by molar-refractivity contribution is -0.384. The number of esters is 1. The topological polar surface area (TPSA) is 171 Å². The quantitative estimate of drug-likeness (QED) is 0.278. The fourth-order valence-corrected chi connectivity index (χ4v) is 3.24. The number of hydrogen-bond donors (Lipinski definition) is 3. The summed E-state index contributed by atoms with van der Waals surface area (Å²) in [5.74, 6) is -3.63. The number of anilines is 1. The van der Waals surface area contributed by atoms with Crippen LogP contribution in [-0.2, 0) is 19.1 Å². The number of amides is 3. The molecule has 2 aromatic rings. The first-order valence-corrected chi connectivity index (χ1v) is 10.0. The van der Waals surface area contributed by atoms with Crippen LogP contribution in [0.1, 0.15) is 42.1 Å². The smallest absolute Gasteiger partial charge is 0.306 e. The molecule has 4 N–H and O–H groups in total. The molecule has 0 unspecified atom stereocenters. The molecule has 0 aliphatic rings. The average Bonchev–Trinajstić information content (AvgIpc) is 2.76. The number of nitrogens with zero attached hydrogens (tertiary/aromatic N) is 1. The van der Waals surface area contributed by atoms with E-state index in [9.17, 15) is 29.3 Å². The van der Waals surface area contributed by atoms with Crippen molar-refractivity contribution >= 4 is 35.1 Å². The second kappa shape index (κ2) is 11.4. The molecular weight excluding hydrogens is 432 g/mol. The summed E-state index contributed by atoms with van der Waals surface area (Å²) in [5, 5.41) is 16.0. The minimum Gasteiger partial charge on any atom is -0.466 e. The molecule has 0 saturated carbocycles. The molecule has 0 aromatic heterocycles. The van der Waals surface area contributed by atoms with Gasteiger partial charge in [-0.2, -0.15) is 0 Å². The minimum atomic E-state index is -1.35. The largest absolute Gasteiger partial charge is 0.466 e. The molecule has 0 aliphatic carbocycles. The Hall–Kier alpha value is -4.28. The van der Waals surface area contributed by atoms with E-state index in [4.69, 9.17) is 10.5 Å². The normalized spacial score (nSPS) is 12.2. The van der Waals surface area contributed by atoms with E-state index < -0.39 is 40.6 Å². The Balaban J connectivity index is 2.42. The first-order valence-electron chi connectivity index (χ1n) is 10.0. The molecule has 0 fully saturated rings. The first-order chi connectivity index (χ1) is 15.6. The van der Waals surface area contributed by atoms with E-state index in [1.807, 2.05) is 0 Å². The van der Waals surface area contributed by atoms with E-state index in [-0.39, 0.29) is 30.0 Å². The summed E-state index contributed by atoms with van der Waals surface area (Å²) >= 11 is 0. The van der Waals surface area contributed by atoms with Crippen LogP contribution in [-0.4, -0.2) is 41.3 Å². The number of primary amides is 1. The van der Waals surface area contributed by atoms with Crippen LogP contribution in [0.15, 0.2) is 48.5 Å². The van der Waals surface area contributed by atoms with Gasteiger partial charge in [-0.3, -0.25) is 29.3 Å². The zero-order valence-electron chi connectivity index (χ0n) is 18.1. The zero-order valence-corrected chi connectivity index (χ0v) is 18.1. The molecule has 0 heterocycles. The van der Waals surface area contributed by atoms with Crippen molar-refractivity contribution in [2.75, 3.05) is 11.9 Å². The van der Waals surface area contributed by atoms with Gasteiger partial charge in [0.15, 0.2) is 0 Å². The molecule has 2 atom stereocenters. The Labute approximate surface area is 189 Å². The minimum absolute atomic E-state index is 0.0811. The van der Waals surface area contributed by atoms with E-state index in [1.165, 1.54) is 43.3 Å². The third-order valence-corrected chi connectivity index (χ3v) is 4.70. The molecule has 0 radical (unpaired) electrons. The van der Waals surface area contributed by atoms with Crippen LogP contribution in [0.3, 0.4) is 0 Å². The second-order valence-electron chi connectivity index (χ2n) is 7.04. The van der Waals surface area contributed by atoms with Crippen molar-refractivity contribution in [3.05, 3.63) is 69.8 Å². The van der Waals surface area contributed by atoms with Gasteiger partial charge >= 0.3 is 5.97 Å². The summed E-state index contributed by atoms with van der Waals surface area (Å²) in [6, 6.07) is 10.0. The molecule has 0 spiro atoms. The van der Waals surface area contributed by atoms with Crippen molar-refractivity contribution < 1.29 is 28.8 Å². The van der Waals surface area contributed by atoms with Crippen LogP contribution in [0.5, 0.6) is 0 Å². The summed E-state index contributed by atoms with van der Waals surface area (Å²) in [6.07, 6.45) is -0.313. The number of nitro benzene ring substituents is 1. The average molecular weight is 456 g/mol. The highest BCUT2D eigenvalue weighted by Crippen LogP contribution is 2.27. The number of nitrogens with one attached hydrogen (secondary N) is 2. The number of carbonyl (C=O) groups excluding carboxylic acids is 4. The molecule has 0 bridgehead atoms. The van der Waals surface area contributed by atoms with Crippen LogP contribution in [0.25, 0.3) is 0 Å². The summed E-state index contributed by atoms with van der Waals surface area (Å²) in [5.41, 5.74) is 6.06. The summed E-state index contributed by atoms with van der Waals surface area (Å²) in [6.45, 7) is 3.00. The van der Waals surface area contributed by atoms with Crippen molar-refractivity contribution in [3.63, 3.8) is 0 Å². The van der Waals surface area contributed by atoms with Crippen molar-refractivity contribution in [2.24, 2.45) is 5.73 Å². The number of hydrogen-bond acceptors (Lipinski definition) is 7. The van der Waals surface area contributed by atoms with E-state index >= 15 is 0 Å². The summed E-state index contributed by atoms with van der Waals surface area (Å²) in [7, 11) is 0. The molecule has 33 heavy (non-hydrogen) atoms. The predicted molar refractivity (Wildman–Crippen MR) is 118 cm³/mol. The Morgan fingerprint density at radius 3 is 2.27 bits per heavy atom. The van der Waals surface area contributed by atoms with Gasteiger partial charge in [-0.25, -0.2) is 0 Å². The van der Waals surface area contributed by atoms with Gasteiger partial charge in [-0.15, -0.1) is 0 Å². The predicted octanol–water partition coefficient (Wildman–Crippen LogP) is 1.87. The highest BCUT2D eigenvalue weighted by atomic mass is 16.6. The monoisotopic (exact) mass is 456 g/mol. The number of ether oxygens (including phenoxy) is 1. The highest BCUT2D eigenvalue weighted by molar-refractivity contribution is 6.04.